The molecule has 146 valence electrons. The van der Waals surface area contributed by atoms with E-state index in [-0.39, 0.29) is 35.5 Å². The van der Waals surface area contributed by atoms with E-state index in [0.717, 1.165) is 42.1 Å². The molecule has 0 radical (unpaired) electrons. The normalized spacial score (nSPS) is 19.6. The molecule has 0 aliphatic carbocycles. The fraction of sp³-hybridized carbons (Fsp3) is 0.556. The minimum Gasteiger partial charge on any atom is -0.373 e. The van der Waals surface area contributed by atoms with Crippen LogP contribution in [0.3, 0.4) is 0 Å². The maximum atomic E-state index is 12.0. The highest BCUT2D eigenvalue weighted by Crippen LogP contribution is 2.24. The van der Waals surface area contributed by atoms with E-state index >= 15 is 0 Å². The van der Waals surface area contributed by atoms with E-state index in [2.05, 4.69) is 43.8 Å². The summed E-state index contributed by atoms with van der Waals surface area (Å²) in [5.74, 6) is 0.687. The van der Waals surface area contributed by atoms with Crippen LogP contribution in [-0.4, -0.2) is 43.7 Å². The zero-order valence-electron chi connectivity index (χ0n) is 15.3. The molecule has 1 unspecified atom stereocenters. The van der Waals surface area contributed by atoms with Crippen molar-refractivity contribution >= 4 is 57.5 Å². The number of amides is 1. The molecule has 1 heterocycles. The molecule has 6 nitrogen and oxygen atoms in total. The van der Waals surface area contributed by atoms with Gasteiger partial charge >= 0.3 is 0 Å². The molecule has 1 saturated heterocycles. The summed E-state index contributed by atoms with van der Waals surface area (Å²) >= 11 is 3.38. The molecule has 1 atom stereocenters. The summed E-state index contributed by atoms with van der Waals surface area (Å²) in [4.78, 5) is 16.6. The number of guanidine groups is 1. The van der Waals surface area contributed by atoms with Crippen molar-refractivity contribution in [3.05, 3.63) is 28.7 Å². The van der Waals surface area contributed by atoms with Gasteiger partial charge in [-0.15, -0.1) is 24.0 Å². The summed E-state index contributed by atoms with van der Waals surface area (Å²) in [7, 11) is 0. The van der Waals surface area contributed by atoms with Gasteiger partial charge in [0.15, 0.2) is 5.96 Å². The molecule has 1 aliphatic heterocycles. The van der Waals surface area contributed by atoms with Crippen LogP contribution in [0.2, 0.25) is 0 Å². The lowest BCUT2D eigenvalue weighted by Crippen LogP contribution is -2.40. The molecule has 26 heavy (non-hydrogen) atoms. The molecule has 0 aromatic heterocycles. The van der Waals surface area contributed by atoms with Crippen molar-refractivity contribution in [3.63, 3.8) is 0 Å². The first-order chi connectivity index (χ1) is 12.0. The van der Waals surface area contributed by atoms with Gasteiger partial charge in [0, 0.05) is 36.3 Å². The van der Waals surface area contributed by atoms with Crippen LogP contribution in [0, 0.1) is 0 Å². The quantitative estimate of drug-likeness (QED) is 0.282. The topological polar surface area (TPSA) is 74.8 Å². The van der Waals surface area contributed by atoms with E-state index in [9.17, 15) is 4.79 Å². The van der Waals surface area contributed by atoms with Gasteiger partial charge in [0.2, 0.25) is 5.91 Å². The van der Waals surface area contributed by atoms with Crippen molar-refractivity contribution in [1.82, 2.24) is 10.6 Å². The highest BCUT2D eigenvalue weighted by molar-refractivity contribution is 14.0. The third-order valence-electron chi connectivity index (χ3n) is 3.99. The third-order valence-corrected chi connectivity index (χ3v) is 4.52. The Labute approximate surface area is 181 Å². The molecule has 0 spiro atoms. The summed E-state index contributed by atoms with van der Waals surface area (Å²) in [6, 6.07) is 7.53. The second-order valence-electron chi connectivity index (χ2n) is 6.33. The second-order valence-corrected chi connectivity index (χ2v) is 7.24. The number of nitrogens with zero attached hydrogens (tertiary/aromatic N) is 1. The number of hydrogen-bond donors (Lipinski definition) is 3. The SMILES string of the molecule is CCNC(=NCC1(C)CCCO1)NCCC(=O)Nc1ccc(Br)cc1.I. The van der Waals surface area contributed by atoms with Crippen molar-refractivity contribution in [2.24, 2.45) is 4.99 Å². The summed E-state index contributed by atoms with van der Waals surface area (Å²) in [6.45, 7) is 6.84. The van der Waals surface area contributed by atoms with Crippen molar-refractivity contribution < 1.29 is 9.53 Å². The highest BCUT2D eigenvalue weighted by Gasteiger charge is 2.29. The van der Waals surface area contributed by atoms with Crippen LogP contribution >= 0.6 is 39.9 Å². The summed E-state index contributed by atoms with van der Waals surface area (Å²) in [5, 5.41) is 9.28. The Morgan fingerprint density at radius 3 is 2.65 bits per heavy atom. The van der Waals surface area contributed by atoms with Gasteiger partial charge in [-0.1, -0.05) is 15.9 Å². The average Bonchev–Trinajstić information content (AvgIpc) is 3.02. The summed E-state index contributed by atoms with van der Waals surface area (Å²) < 4.78 is 6.74. The van der Waals surface area contributed by atoms with Gasteiger partial charge in [0.1, 0.15) is 0 Å². The number of carbonyl (C=O) groups is 1. The summed E-state index contributed by atoms with van der Waals surface area (Å²) in [5.41, 5.74) is 0.626. The van der Waals surface area contributed by atoms with Crippen molar-refractivity contribution in [2.45, 2.75) is 38.7 Å². The van der Waals surface area contributed by atoms with Crippen molar-refractivity contribution in [3.8, 4) is 0 Å². The molecule has 1 aromatic carbocycles. The number of anilines is 1. The van der Waals surface area contributed by atoms with Crippen LogP contribution in [0.25, 0.3) is 0 Å². The molecule has 1 amide bonds. The number of hydrogen-bond acceptors (Lipinski definition) is 3. The van der Waals surface area contributed by atoms with E-state index in [0.29, 0.717) is 19.5 Å². The van der Waals surface area contributed by atoms with Gasteiger partial charge in [0.05, 0.1) is 12.1 Å². The molecule has 8 heteroatoms. The predicted octanol–water partition coefficient (Wildman–Crippen LogP) is 3.52. The number of nitrogens with one attached hydrogen (secondary N) is 3. The number of aliphatic imine (C=N–C) groups is 1. The fourth-order valence-corrected chi connectivity index (χ4v) is 2.87. The molecule has 0 bridgehead atoms. The Morgan fingerprint density at radius 1 is 1.31 bits per heavy atom. The zero-order valence-corrected chi connectivity index (χ0v) is 19.2. The van der Waals surface area contributed by atoms with E-state index in [1.54, 1.807) is 0 Å². The van der Waals surface area contributed by atoms with Gasteiger partial charge in [-0.25, -0.2) is 0 Å². The van der Waals surface area contributed by atoms with E-state index in [1.165, 1.54) is 0 Å². The van der Waals surface area contributed by atoms with Gasteiger partial charge in [-0.3, -0.25) is 9.79 Å². The van der Waals surface area contributed by atoms with E-state index in [1.807, 2.05) is 31.2 Å². The lowest BCUT2D eigenvalue weighted by molar-refractivity contribution is -0.116. The fourth-order valence-electron chi connectivity index (χ4n) is 2.60. The minimum atomic E-state index is -0.165. The van der Waals surface area contributed by atoms with Gasteiger partial charge in [0.25, 0.3) is 0 Å². The van der Waals surface area contributed by atoms with E-state index < -0.39 is 0 Å². The first kappa shape index (κ1) is 23.2. The van der Waals surface area contributed by atoms with E-state index in [4.69, 9.17) is 4.74 Å². The predicted molar refractivity (Wildman–Crippen MR) is 120 cm³/mol. The number of benzene rings is 1. The monoisotopic (exact) mass is 538 g/mol. The zero-order chi connectivity index (χ0) is 18.1. The Balaban J connectivity index is 0.00000338. The van der Waals surface area contributed by atoms with Crippen LogP contribution in [0.5, 0.6) is 0 Å². The molecule has 1 aliphatic rings. The lowest BCUT2D eigenvalue weighted by Gasteiger charge is -2.21. The van der Waals surface area contributed by atoms with Crippen molar-refractivity contribution in [1.29, 1.82) is 0 Å². The van der Waals surface area contributed by atoms with Crippen LogP contribution in [-0.2, 0) is 9.53 Å². The Kier molecular flexibility index (Phi) is 10.5. The number of carbonyl (C=O) groups excluding carboxylic acids is 1. The maximum absolute atomic E-state index is 12.0. The summed E-state index contributed by atoms with van der Waals surface area (Å²) in [6.07, 6.45) is 2.49. The average molecular weight is 539 g/mol. The molecule has 1 aromatic rings. The first-order valence-corrected chi connectivity index (χ1v) is 9.51. The standard InChI is InChI=1S/C18H27BrN4O2.HI/c1-3-20-17(22-13-18(2)10-4-12-25-18)21-11-9-16(24)23-15-7-5-14(19)6-8-15;/h5-8H,3-4,9-13H2,1-2H3,(H,23,24)(H2,20,21,22);1H. The van der Waals surface area contributed by atoms with Crippen molar-refractivity contribution in [2.75, 3.05) is 31.6 Å². The van der Waals surface area contributed by atoms with Crippen LogP contribution in [0.15, 0.2) is 33.7 Å². The van der Waals surface area contributed by atoms with Gasteiger partial charge in [-0.05, 0) is 51.0 Å². The maximum Gasteiger partial charge on any atom is 0.226 e. The minimum absolute atomic E-state index is 0. The van der Waals surface area contributed by atoms with Crippen LogP contribution in [0.1, 0.15) is 33.1 Å². The lowest BCUT2D eigenvalue weighted by atomic mass is 10.0. The molecular formula is C18H28BrIN4O2. The Bertz CT molecular complexity index is 589. The molecular weight excluding hydrogens is 511 g/mol. The van der Waals surface area contributed by atoms with Crippen LogP contribution < -0.4 is 16.0 Å². The van der Waals surface area contributed by atoms with Gasteiger partial charge in [-0.2, -0.15) is 0 Å². The molecule has 3 N–H and O–H groups in total. The molecule has 2 rings (SSSR count). The first-order valence-electron chi connectivity index (χ1n) is 8.72. The van der Waals surface area contributed by atoms with Gasteiger partial charge < -0.3 is 20.7 Å². The number of rotatable bonds is 7. The highest BCUT2D eigenvalue weighted by atomic mass is 127. The Hall–Kier alpha value is -0.870. The molecule has 1 fully saturated rings. The smallest absolute Gasteiger partial charge is 0.226 e. The Morgan fingerprint density at radius 2 is 2.04 bits per heavy atom. The number of ether oxygens (including phenoxy) is 1. The second kappa shape index (κ2) is 11.8. The molecule has 0 saturated carbocycles. The number of halogens is 2. The largest absolute Gasteiger partial charge is 0.373 e. The van der Waals surface area contributed by atoms with Crippen LogP contribution in [0.4, 0.5) is 5.69 Å². The third kappa shape index (κ3) is 8.22.